The number of hydrogen-bond acceptors (Lipinski definition) is 3. The van der Waals surface area contributed by atoms with Gasteiger partial charge in [-0.3, -0.25) is 0 Å². The van der Waals surface area contributed by atoms with Crippen molar-refractivity contribution in [2.45, 2.75) is 70.8 Å². The molecule has 0 fully saturated rings. The van der Waals surface area contributed by atoms with Crippen molar-refractivity contribution in [2.24, 2.45) is 0 Å². The molecule has 1 rings (SSSR count). The van der Waals surface area contributed by atoms with Crippen LogP contribution in [0.3, 0.4) is 0 Å². The first kappa shape index (κ1) is 16.8. The summed E-state index contributed by atoms with van der Waals surface area (Å²) in [6.45, 7) is 4.42. The number of hydrogen-bond donors (Lipinski definition) is 0. The molecule has 0 aromatic carbocycles. The molecule has 0 aliphatic heterocycles. The molecule has 1 heterocycles. The van der Waals surface area contributed by atoms with Crippen LogP contribution in [0.5, 0.6) is 0 Å². The van der Waals surface area contributed by atoms with Gasteiger partial charge < -0.3 is 0 Å². The fourth-order valence-electron chi connectivity index (χ4n) is 2.46. The monoisotopic (exact) mass is 301 g/mol. The topological polar surface area (TPSA) is 26.3 Å². The maximum atomic E-state index is 11.1. The normalized spacial score (nSPS) is 12.1. The summed E-state index contributed by atoms with van der Waals surface area (Å²) in [5.74, 6) is 0. The van der Waals surface area contributed by atoms with Crippen molar-refractivity contribution in [1.82, 2.24) is 0 Å². The van der Waals surface area contributed by atoms with Crippen molar-refractivity contribution in [1.29, 1.82) is 0 Å². The van der Waals surface area contributed by atoms with Gasteiger partial charge in [-0.2, -0.15) is 0 Å². The predicted molar refractivity (Wildman–Crippen MR) is 84.4 cm³/mol. The van der Waals surface area contributed by atoms with Crippen LogP contribution in [0.15, 0.2) is 17.5 Å². The summed E-state index contributed by atoms with van der Waals surface area (Å²) in [5.41, 5.74) is -0.307. The van der Waals surface area contributed by atoms with E-state index < -0.39 is 8.69 Å². The van der Waals surface area contributed by atoms with Crippen LogP contribution in [0.25, 0.3) is 0 Å². The van der Waals surface area contributed by atoms with Crippen LogP contribution in [-0.4, -0.2) is 0 Å². The maximum absolute atomic E-state index is 11.1. The molecule has 0 aliphatic carbocycles. The van der Waals surface area contributed by atoms with Gasteiger partial charge in [-0.15, -0.1) is 15.9 Å². The summed E-state index contributed by atoms with van der Waals surface area (Å²) in [4.78, 5) is 1.24. The first-order valence-corrected chi connectivity index (χ1v) is 9.08. The highest BCUT2D eigenvalue weighted by molar-refractivity contribution is 7.17. The van der Waals surface area contributed by atoms with Crippen molar-refractivity contribution in [3.8, 4) is 0 Å². The highest BCUT2D eigenvalue weighted by Gasteiger charge is 2.37. The van der Waals surface area contributed by atoms with Crippen molar-refractivity contribution in [3.05, 3.63) is 22.4 Å². The minimum absolute atomic E-state index is 0.307. The summed E-state index contributed by atoms with van der Waals surface area (Å²) in [5, 5.41) is 2.08. The van der Waals surface area contributed by atoms with Crippen LogP contribution >= 0.6 is 20.0 Å². The highest BCUT2D eigenvalue weighted by atomic mass is 32.1. The molecule has 1 aromatic rings. The third-order valence-corrected chi connectivity index (χ3v) is 5.10. The Bertz CT molecular complexity index is 328. The molecular weight excluding hydrogens is 275 g/mol. The van der Waals surface area contributed by atoms with E-state index in [0.29, 0.717) is 0 Å². The van der Waals surface area contributed by atoms with Gasteiger partial charge in [0.2, 0.25) is 0 Å². The van der Waals surface area contributed by atoms with Crippen molar-refractivity contribution in [3.63, 3.8) is 0 Å². The van der Waals surface area contributed by atoms with E-state index in [2.05, 4.69) is 31.4 Å². The Morgan fingerprint density at radius 2 is 1.79 bits per heavy atom. The average molecular weight is 301 g/mol. The van der Waals surface area contributed by atoms with E-state index >= 15 is 0 Å². The maximum Gasteiger partial charge on any atom is 0.495 e. The Kier molecular flexibility index (Phi) is 8.52. The lowest BCUT2D eigenvalue weighted by Crippen LogP contribution is -2.25. The molecule has 0 N–H and O–H groups in total. The molecule has 4 heteroatoms. The van der Waals surface area contributed by atoms with Crippen molar-refractivity contribution >= 4 is 20.0 Å². The van der Waals surface area contributed by atoms with Gasteiger partial charge in [-0.1, -0.05) is 58.4 Å². The van der Waals surface area contributed by atoms with Crippen molar-refractivity contribution < 1.29 is 9.09 Å². The lowest BCUT2D eigenvalue weighted by molar-refractivity contribution is 0.0598. The quantitative estimate of drug-likeness (QED) is 0.367. The summed E-state index contributed by atoms with van der Waals surface area (Å²) < 4.78 is 16.9. The van der Waals surface area contributed by atoms with E-state index in [4.69, 9.17) is 4.52 Å². The smallest absolute Gasteiger partial charge is 0.146 e. The molecule has 0 spiro atoms. The van der Waals surface area contributed by atoms with Crippen molar-refractivity contribution in [2.75, 3.05) is 0 Å². The van der Waals surface area contributed by atoms with Crippen LogP contribution in [0.4, 0.5) is 0 Å². The number of thiophene rings is 1. The van der Waals surface area contributed by atoms with E-state index in [-0.39, 0.29) is 5.60 Å². The van der Waals surface area contributed by atoms with E-state index in [1.807, 2.05) is 0 Å². The summed E-state index contributed by atoms with van der Waals surface area (Å²) in [7, 11) is -0.672. The molecule has 0 saturated carbocycles. The number of unbranched alkanes of at least 4 members (excludes halogenated alkanes) is 4. The Labute approximate surface area is 122 Å². The van der Waals surface area contributed by atoms with Crippen LogP contribution in [-0.2, 0) is 14.7 Å². The van der Waals surface area contributed by atoms with Gasteiger partial charge in [0.1, 0.15) is 0 Å². The standard InChI is InChI=1S/C15H26O2PS/c1-3-5-7-11-15(17-18-16,12-8-6-4-2)14-10-9-13-19-14/h9-10,13,18H,3-8,11-12H2,1-2H3/q+1. The lowest BCUT2D eigenvalue weighted by atomic mass is 9.89. The summed E-state index contributed by atoms with van der Waals surface area (Å²) >= 11 is 1.73. The van der Waals surface area contributed by atoms with E-state index in [9.17, 15) is 4.57 Å². The van der Waals surface area contributed by atoms with E-state index in [0.717, 1.165) is 25.7 Å². The Morgan fingerprint density at radius 1 is 1.16 bits per heavy atom. The minimum Gasteiger partial charge on any atom is -0.146 e. The summed E-state index contributed by atoms with van der Waals surface area (Å²) in [6.07, 6.45) is 9.10. The zero-order chi connectivity index (χ0) is 14.0. The molecule has 0 amide bonds. The molecule has 1 unspecified atom stereocenters. The van der Waals surface area contributed by atoms with Gasteiger partial charge in [-0.25, -0.2) is 0 Å². The first-order valence-electron chi connectivity index (χ1n) is 7.38. The highest BCUT2D eigenvalue weighted by Crippen LogP contribution is 2.41. The Morgan fingerprint density at radius 3 is 2.21 bits per heavy atom. The summed E-state index contributed by atoms with van der Waals surface area (Å²) in [6, 6.07) is 4.19. The fraction of sp³-hybridized carbons (Fsp3) is 0.733. The third-order valence-electron chi connectivity index (χ3n) is 3.58. The Balaban J connectivity index is 2.79. The largest absolute Gasteiger partial charge is 0.495 e. The molecule has 0 radical (unpaired) electrons. The molecule has 0 saturated heterocycles. The predicted octanol–water partition coefficient (Wildman–Crippen LogP) is 6.06. The van der Waals surface area contributed by atoms with E-state index in [1.54, 1.807) is 11.3 Å². The van der Waals surface area contributed by atoms with Crippen LogP contribution < -0.4 is 0 Å². The SMILES string of the molecule is CCCCCC(CCCCC)(O[PH+]=O)c1cccs1. The van der Waals surface area contributed by atoms with Gasteiger partial charge >= 0.3 is 8.69 Å². The number of rotatable bonds is 11. The second-order valence-electron chi connectivity index (χ2n) is 5.07. The van der Waals surface area contributed by atoms with Gasteiger partial charge in [0, 0.05) is 4.88 Å². The Hall–Kier alpha value is -0.240. The third kappa shape index (κ3) is 5.33. The van der Waals surface area contributed by atoms with Gasteiger partial charge in [-0.05, 0) is 28.9 Å². The molecule has 1 aromatic heterocycles. The second-order valence-corrected chi connectivity index (χ2v) is 6.39. The lowest BCUT2D eigenvalue weighted by Gasteiger charge is -2.26. The van der Waals surface area contributed by atoms with Crippen LogP contribution in [0.1, 0.15) is 70.1 Å². The second kappa shape index (κ2) is 9.63. The minimum atomic E-state index is -0.672. The van der Waals surface area contributed by atoms with Gasteiger partial charge in [0.25, 0.3) is 0 Å². The molecule has 1 atom stereocenters. The zero-order valence-electron chi connectivity index (χ0n) is 12.1. The molecule has 108 valence electrons. The molecule has 0 aliphatic rings. The van der Waals surface area contributed by atoms with Crippen LogP contribution in [0, 0.1) is 0 Å². The van der Waals surface area contributed by atoms with Gasteiger partial charge in [0.05, 0.1) is 0 Å². The zero-order valence-corrected chi connectivity index (χ0v) is 13.9. The van der Waals surface area contributed by atoms with E-state index in [1.165, 1.54) is 30.6 Å². The average Bonchev–Trinajstić information content (AvgIpc) is 2.93. The molecule has 19 heavy (non-hydrogen) atoms. The van der Waals surface area contributed by atoms with Gasteiger partial charge in [0.15, 0.2) is 5.60 Å². The first-order chi connectivity index (χ1) is 9.29. The van der Waals surface area contributed by atoms with Crippen LogP contribution in [0.2, 0.25) is 0 Å². The molecule has 2 nitrogen and oxygen atoms in total. The molecule has 0 bridgehead atoms. The molecular formula is C15H26O2PS+. The fourth-order valence-corrected chi connectivity index (χ4v) is 3.93.